The van der Waals surface area contributed by atoms with Gasteiger partial charge in [0.15, 0.2) is 11.5 Å². The van der Waals surface area contributed by atoms with Crippen LogP contribution in [0.15, 0.2) is 22.6 Å². The number of oxazole rings is 1. The van der Waals surface area contributed by atoms with Gasteiger partial charge in [-0.2, -0.15) is 0 Å². The Morgan fingerprint density at radius 1 is 1.44 bits per heavy atom. The van der Waals surface area contributed by atoms with Crippen LogP contribution in [0.2, 0.25) is 0 Å². The molecular weight excluding hydrogens is 314 g/mol. The van der Waals surface area contributed by atoms with Gasteiger partial charge in [-0.15, -0.1) is 0 Å². The first-order chi connectivity index (χ1) is 12.1. The molecule has 136 valence electrons. The van der Waals surface area contributed by atoms with Crippen molar-refractivity contribution in [1.82, 2.24) is 15.2 Å². The van der Waals surface area contributed by atoms with Gasteiger partial charge in [-0.05, 0) is 57.4 Å². The highest BCUT2D eigenvalue weighted by molar-refractivity contribution is 5.97. The average Bonchev–Trinajstić information content (AvgIpc) is 3.23. The molecule has 5 heteroatoms. The van der Waals surface area contributed by atoms with Crippen LogP contribution in [-0.4, -0.2) is 41.5 Å². The Kier molecular flexibility index (Phi) is 5.74. The van der Waals surface area contributed by atoms with E-state index in [0.717, 1.165) is 62.3 Å². The van der Waals surface area contributed by atoms with Gasteiger partial charge in [0.1, 0.15) is 5.52 Å². The van der Waals surface area contributed by atoms with Crippen LogP contribution in [0.25, 0.3) is 11.1 Å². The second-order valence-corrected chi connectivity index (χ2v) is 7.35. The molecule has 1 aliphatic rings. The second kappa shape index (κ2) is 8.00. The maximum Gasteiger partial charge on any atom is 0.251 e. The van der Waals surface area contributed by atoms with Crippen molar-refractivity contribution < 1.29 is 9.21 Å². The number of likely N-dealkylation sites (tertiary alicyclic amines) is 1. The lowest BCUT2D eigenvalue weighted by atomic mass is 10.1. The lowest BCUT2D eigenvalue weighted by Gasteiger charge is -2.20. The van der Waals surface area contributed by atoms with E-state index < -0.39 is 0 Å². The number of fused-ring (bicyclic) bond motifs is 1. The lowest BCUT2D eigenvalue weighted by molar-refractivity contribution is 0.0947. The molecule has 0 saturated carbocycles. The predicted octanol–water partition coefficient (Wildman–Crippen LogP) is 3.63. The van der Waals surface area contributed by atoms with E-state index in [1.807, 2.05) is 18.2 Å². The van der Waals surface area contributed by atoms with E-state index >= 15 is 0 Å². The van der Waals surface area contributed by atoms with Crippen LogP contribution in [0.3, 0.4) is 0 Å². The Morgan fingerprint density at radius 2 is 2.28 bits per heavy atom. The van der Waals surface area contributed by atoms with Crippen LogP contribution < -0.4 is 5.32 Å². The van der Waals surface area contributed by atoms with Crippen molar-refractivity contribution in [3.05, 3.63) is 29.7 Å². The molecule has 1 aromatic heterocycles. The minimum Gasteiger partial charge on any atom is -0.441 e. The van der Waals surface area contributed by atoms with Crippen molar-refractivity contribution in [2.45, 2.75) is 52.5 Å². The largest absolute Gasteiger partial charge is 0.441 e. The molecule has 1 amide bonds. The molecule has 25 heavy (non-hydrogen) atoms. The van der Waals surface area contributed by atoms with Crippen LogP contribution >= 0.6 is 0 Å². The van der Waals surface area contributed by atoms with Crippen molar-refractivity contribution in [3.63, 3.8) is 0 Å². The molecule has 1 N–H and O–H groups in total. The van der Waals surface area contributed by atoms with Crippen molar-refractivity contribution in [2.75, 3.05) is 19.6 Å². The van der Waals surface area contributed by atoms with Gasteiger partial charge in [0.2, 0.25) is 0 Å². The van der Waals surface area contributed by atoms with Gasteiger partial charge in [0.25, 0.3) is 5.91 Å². The summed E-state index contributed by atoms with van der Waals surface area (Å²) in [6, 6.07) is 6.08. The minimum absolute atomic E-state index is 0.0250. The standard InChI is InChI=1S/C20H29N3O2/c1-4-5-6-19-22-17-11-16(7-8-18(17)25-19)20(24)21-12-15-9-10-23(13-15)14(2)3/h7-8,11,14-15H,4-6,9-10,12-13H2,1-3H3,(H,21,24)/t15-/m0/s1. The van der Waals surface area contributed by atoms with Crippen molar-refractivity contribution in [1.29, 1.82) is 0 Å². The molecule has 0 aliphatic carbocycles. The average molecular weight is 343 g/mol. The van der Waals surface area contributed by atoms with Crippen molar-refractivity contribution >= 4 is 17.0 Å². The summed E-state index contributed by atoms with van der Waals surface area (Å²) < 4.78 is 5.73. The highest BCUT2D eigenvalue weighted by atomic mass is 16.3. The number of carbonyl (C=O) groups is 1. The molecule has 1 atom stereocenters. The van der Waals surface area contributed by atoms with E-state index in [9.17, 15) is 4.79 Å². The number of hydrogen-bond donors (Lipinski definition) is 1. The summed E-state index contributed by atoms with van der Waals surface area (Å²) in [5.74, 6) is 1.28. The maximum absolute atomic E-state index is 12.5. The number of unbranched alkanes of at least 4 members (excludes halogenated alkanes) is 1. The van der Waals surface area contributed by atoms with E-state index in [4.69, 9.17) is 4.42 Å². The molecule has 1 saturated heterocycles. The highest BCUT2D eigenvalue weighted by Gasteiger charge is 2.24. The number of benzene rings is 1. The SMILES string of the molecule is CCCCc1nc2cc(C(=O)NC[C@@H]3CCN(C(C)C)C3)ccc2o1. The molecule has 2 heterocycles. The summed E-state index contributed by atoms with van der Waals surface area (Å²) in [6.07, 6.45) is 4.18. The fourth-order valence-corrected chi connectivity index (χ4v) is 3.39. The molecule has 0 bridgehead atoms. The Balaban J connectivity index is 1.58. The van der Waals surface area contributed by atoms with Gasteiger partial charge in [0.05, 0.1) is 0 Å². The molecule has 3 rings (SSSR count). The molecule has 5 nitrogen and oxygen atoms in total. The number of nitrogens with one attached hydrogen (secondary N) is 1. The summed E-state index contributed by atoms with van der Waals surface area (Å²) in [5, 5.41) is 3.08. The predicted molar refractivity (Wildman–Crippen MR) is 99.8 cm³/mol. The van der Waals surface area contributed by atoms with E-state index in [1.54, 1.807) is 0 Å². The normalized spacial score (nSPS) is 18.3. The quantitative estimate of drug-likeness (QED) is 0.834. The first-order valence-corrected chi connectivity index (χ1v) is 9.48. The van der Waals surface area contributed by atoms with Gasteiger partial charge in [-0.1, -0.05) is 13.3 Å². The van der Waals surface area contributed by atoms with Gasteiger partial charge in [-0.3, -0.25) is 4.79 Å². The van der Waals surface area contributed by atoms with Crippen LogP contribution in [-0.2, 0) is 6.42 Å². The fraction of sp³-hybridized carbons (Fsp3) is 0.600. The smallest absolute Gasteiger partial charge is 0.251 e. The van der Waals surface area contributed by atoms with Gasteiger partial charge in [0, 0.05) is 31.1 Å². The molecule has 1 aromatic carbocycles. The third-order valence-corrected chi connectivity index (χ3v) is 5.04. The number of aryl methyl sites for hydroxylation is 1. The first kappa shape index (κ1) is 17.9. The Bertz CT molecular complexity index is 723. The number of nitrogens with zero attached hydrogens (tertiary/aromatic N) is 2. The molecule has 2 aromatic rings. The number of aromatic nitrogens is 1. The van der Waals surface area contributed by atoms with E-state index in [-0.39, 0.29) is 5.91 Å². The van der Waals surface area contributed by atoms with E-state index in [1.165, 1.54) is 0 Å². The fourth-order valence-electron chi connectivity index (χ4n) is 3.39. The van der Waals surface area contributed by atoms with Crippen molar-refractivity contribution in [3.8, 4) is 0 Å². The topological polar surface area (TPSA) is 58.4 Å². The maximum atomic E-state index is 12.5. The number of hydrogen-bond acceptors (Lipinski definition) is 4. The minimum atomic E-state index is -0.0250. The van der Waals surface area contributed by atoms with E-state index in [2.05, 4.69) is 36.0 Å². The molecule has 1 fully saturated rings. The summed E-state index contributed by atoms with van der Waals surface area (Å²) >= 11 is 0. The Labute approximate surface area is 149 Å². The van der Waals surface area contributed by atoms with Crippen molar-refractivity contribution in [2.24, 2.45) is 5.92 Å². The molecular formula is C20H29N3O2. The zero-order chi connectivity index (χ0) is 17.8. The summed E-state index contributed by atoms with van der Waals surface area (Å²) in [7, 11) is 0. The number of amides is 1. The van der Waals surface area contributed by atoms with Crippen LogP contribution in [0, 0.1) is 5.92 Å². The molecule has 0 spiro atoms. The Morgan fingerprint density at radius 3 is 3.00 bits per heavy atom. The highest BCUT2D eigenvalue weighted by Crippen LogP contribution is 2.20. The Hall–Kier alpha value is -1.88. The summed E-state index contributed by atoms with van der Waals surface area (Å²) in [4.78, 5) is 19.4. The third kappa shape index (κ3) is 4.40. The molecule has 0 radical (unpaired) electrons. The third-order valence-electron chi connectivity index (χ3n) is 5.04. The number of carbonyl (C=O) groups excluding carboxylic acids is 1. The van der Waals surface area contributed by atoms with Crippen LogP contribution in [0.1, 0.15) is 56.3 Å². The van der Waals surface area contributed by atoms with E-state index in [0.29, 0.717) is 17.5 Å². The number of rotatable bonds is 7. The zero-order valence-corrected chi connectivity index (χ0v) is 15.5. The van der Waals surface area contributed by atoms with Gasteiger partial charge >= 0.3 is 0 Å². The molecule has 1 aliphatic heterocycles. The molecule has 0 unspecified atom stereocenters. The summed E-state index contributed by atoms with van der Waals surface area (Å²) in [6.45, 7) is 9.53. The van der Waals surface area contributed by atoms with Gasteiger partial charge < -0.3 is 14.6 Å². The second-order valence-electron chi connectivity index (χ2n) is 7.35. The zero-order valence-electron chi connectivity index (χ0n) is 15.5. The summed E-state index contributed by atoms with van der Waals surface area (Å²) in [5.41, 5.74) is 2.18. The monoisotopic (exact) mass is 343 g/mol. The first-order valence-electron chi connectivity index (χ1n) is 9.48. The van der Waals surface area contributed by atoms with Crippen LogP contribution in [0.4, 0.5) is 0 Å². The van der Waals surface area contributed by atoms with Crippen LogP contribution in [0.5, 0.6) is 0 Å². The lowest BCUT2D eigenvalue weighted by Crippen LogP contribution is -2.32. The van der Waals surface area contributed by atoms with Gasteiger partial charge in [-0.25, -0.2) is 4.98 Å².